The largest absolute Gasteiger partial charge is 0.317 e. The topological polar surface area (TPSA) is 15.3 Å². The fourth-order valence-corrected chi connectivity index (χ4v) is 3.28. The highest BCUT2D eigenvalue weighted by atomic mass is 15.2. The van der Waals surface area contributed by atoms with Gasteiger partial charge in [0.25, 0.3) is 0 Å². The molecule has 0 amide bonds. The minimum absolute atomic E-state index is 0.674. The summed E-state index contributed by atoms with van der Waals surface area (Å²) in [6.07, 6.45) is 8.71. The zero-order chi connectivity index (χ0) is 10.7. The second-order valence-corrected chi connectivity index (χ2v) is 5.41. The molecule has 3 unspecified atom stereocenters. The number of fused-ring (bicyclic) bond motifs is 1. The average molecular weight is 210 g/mol. The molecule has 0 radical (unpaired) electrons. The average Bonchev–Trinajstić information content (AvgIpc) is 2.69. The first-order chi connectivity index (χ1) is 7.31. The van der Waals surface area contributed by atoms with Crippen molar-refractivity contribution in [1.29, 1.82) is 0 Å². The Morgan fingerprint density at radius 3 is 2.87 bits per heavy atom. The van der Waals surface area contributed by atoms with E-state index in [2.05, 4.69) is 24.2 Å². The molecule has 2 nitrogen and oxygen atoms in total. The SMILES string of the molecule is CNC(C)CCN1CCC2CCCCC21. The van der Waals surface area contributed by atoms with E-state index in [1.807, 2.05) is 0 Å². The van der Waals surface area contributed by atoms with Crippen molar-refractivity contribution in [3.05, 3.63) is 0 Å². The lowest BCUT2D eigenvalue weighted by molar-refractivity contribution is 0.177. The maximum atomic E-state index is 3.33. The number of hydrogen-bond acceptors (Lipinski definition) is 2. The third kappa shape index (κ3) is 2.73. The van der Waals surface area contributed by atoms with Crippen LogP contribution in [0, 0.1) is 5.92 Å². The highest BCUT2D eigenvalue weighted by Crippen LogP contribution is 2.35. The number of rotatable bonds is 4. The third-order valence-electron chi connectivity index (χ3n) is 4.47. The third-order valence-corrected chi connectivity index (χ3v) is 4.47. The molecule has 1 saturated heterocycles. The maximum absolute atomic E-state index is 3.33. The van der Waals surface area contributed by atoms with Crippen molar-refractivity contribution in [2.24, 2.45) is 5.92 Å². The van der Waals surface area contributed by atoms with Gasteiger partial charge in [0.2, 0.25) is 0 Å². The Morgan fingerprint density at radius 1 is 1.27 bits per heavy atom. The first-order valence-electron chi connectivity index (χ1n) is 6.72. The molecule has 2 heteroatoms. The van der Waals surface area contributed by atoms with E-state index >= 15 is 0 Å². The van der Waals surface area contributed by atoms with Crippen LogP contribution in [0.1, 0.15) is 45.4 Å². The molecule has 2 fully saturated rings. The van der Waals surface area contributed by atoms with Gasteiger partial charge in [-0.15, -0.1) is 0 Å². The van der Waals surface area contributed by atoms with Gasteiger partial charge in [-0.05, 0) is 58.7 Å². The van der Waals surface area contributed by atoms with Crippen LogP contribution in [-0.2, 0) is 0 Å². The van der Waals surface area contributed by atoms with Gasteiger partial charge in [-0.3, -0.25) is 0 Å². The molecule has 1 aliphatic heterocycles. The highest BCUT2D eigenvalue weighted by molar-refractivity contribution is 4.89. The standard InChI is InChI=1S/C13H26N2/c1-11(14-2)7-9-15-10-8-12-5-3-4-6-13(12)15/h11-14H,3-10H2,1-2H3. The van der Waals surface area contributed by atoms with Crippen molar-refractivity contribution in [2.75, 3.05) is 20.1 Å². The number of hydrogen-bond donors (Lipinski definition) is 1. The molecule has 15 heavy (non-hydrogen) atoms. The second kappa shape index (κ2) is 5.31. The summed E-state index contributed by atoms with van der Waals surface area (Å²) in [4.78, 5) is 2.76. The predicted octanol–water partition coefficient (Wildman–Crippen LogP) is 2.25. The van der Waals surface area contributed by atoms with Gasteiger partial charge in [-0.1, -0.05) is 12.8 Å². The molecule has 0 aromatic carbocycles. The molecule has 2 rings (SSSR count). The monoisotopic (exact) mass is 210 g/mol. The molecule has 0 spiro atoms. The molecule has 1 saturated carbocycles. The van der Waals surface area contributed by atoms with Crippen LogP contribution in [0.15, 0.2) is 0 Å². The quantitative estimate of drug-likeness (QED) is 0.765. The summed E-state index contributed by atoms with van der Waals surface area (Å²) in [6.45, 7) is 4.96. The van der Waals surface area contributed by atoms with Crippen LogP contribution in [0.3, 0.4) is 0 Å². The maximum Gasteiger partial charge on any atom is 0.0124 e. The number of nitrogens with one attached hydrogen (secondary N) is 1. The molecule has 1 N–H and O–H groups in total. The summed E-state index contributed by atoms with van der Waals surface area (Å²) >= 11 is 0. The van der Waals surface area contributed by atoms with Crippen LogP contribution in [0.2, 0.25) is 0 Å². The Hall–Kier alpha value is -0.0800. The summed E-state index contributed by atoms with van der Waals surface area (Å²) in [6, 6.07) is 1.62. The van der Waals surface area contributed by atoms with E-state index in [-0.39, 0.29) is 0 Å². The van der Waals surface area contributed by atoms with Gasteiger partial charge < -0.3 is 10.2 Å². The molecule has 88 valence electrons. The van der Waals surface area contributed by atoms with Crippen LogP contribution >= 0.6 is 0 Å². The minimum atomic E-state index is 0.674. The van der Waals surface area contributed by atoms with Gasteiger partial charge in [0.05, 0.1) is 0 Å². The van der Waals surface area contributed by atoms with Crippen LogP contribution in [0.25, 0.3) is 0 Å². The summed E-state index contributed by atoms with van der Waals surface area (Å²) in [5.74, 6) is 1.05. The van der Waals surface area contributed by atoms with Crippen LogP contribution in [-0.4, -0.2) is 37.1 Å². The molecule has 1 aliphatic carbocycles. The first kappa shape index (κ1) is 11.4. The zero-order valence-electron chi connectivity index (χ0n) is 10.3. The van der Waals surface area contributed by atoms with Crippen molar-refractivity contribution in [3.8, 4) is 0 Å². The molecule has 0 aromatic rings. The van der Waals surface area contributed by atoms with E-state index < -0.39 is 0 Å². The summed E-state index contributed by atoms with van der Waals surface area (Å²) in [5.41, 5.74) is 0. The van der Waals surface area contributed by atoms with Gasteiger partial charge >= 0.3 is 0 Å². The normalized spacial score (nSPS) is 34.0. The molecule has 2 aliphatic rings. The van der Waals surface area contributed by atoms with E-state index in [1.165, 1.54) is 51.6 Å². The fraction of sp³-hybridized carbons (Fsp3) is 1.00. The van der Waals surface area contributed by atoms with E-state index in [0.29, 0.717) is 6.04 Å². The molecule has 0 aromatic heterocycles. The van der Waals surface area contributed by atoms with Crippen LogP contribution in [0.4, 0.5) is 0 Å². The van der Waals surface area contributed by atoms with Gasteiger partial charge in [-0.25, -0.2) is 0 Å². The summed E-state index contributed by atoms with van der Waals surface area (Å²) in [5, 5.41) is 3.33. The van der Waals surface area contributed by atoms with Gasteiger partial charge in [0.15, 0.2) is 0 Å². The van der Waals surface area contributed by atoms with Crippen LogP contribution < -0.4 is 5.32 Å². The minimum Gasteiger partial charge on any atom is -0.317 e. The Kier molecular flexibility index (Phi) is 4.04. The van der Waals surface area contributed by atoms with E-state index in [0.717, 1.165) is 12.0 Å². The number of likely N-dealkylation sites (tertiary alicyclic amines) is 1. The molecule has 0 bridgehead atoms. The Labute approximate surface area is 94.4 Å². The Bertz CT molecular complexity index is 193. The van der Waals surface area contributed by atoms with Crippen LogP contribution in [0.5, 0.6) is 0 Å². The van der Waals surface area contributed by atoms with Crippen molar-refractivity contribution < 1.29 is 0 Å². The smallest absolute Gasteiger partial charge is 0.0124 e. The van der Waals surface area contributed by atoms with Gasteiger partial charge in [0, 0.05) is 12.1 Å². The fourth-order valence-electron chi connectivity index (χ4n) is 3.28. The van der Waals surface area contributed by atoms with E-state index in [1.54, 1.807) is 0 Å². The zero-order valence-corrected chi connectivity index (χ0v) is 10.3. The summed E-state index contributed by atoms with van der Waals surface area (Å²) in [7, 11) is 2.07. The van der Waals surface area contributed by atoms with E-state index in [9.17, 15) is 0 Å². The lowest BCUT2D eigenvalue weighted by Gasteiger charge is -2.32. The van der Waals surface area contributed by atoms with Crippen molar-refractivity contribution in [3.63, 3.8) is 0 Å². The highest BCUT2D eigenvalue weighted by Gasteiger charge is 2.34. The first-order valence-corrected chi connectivity index (χ1v) is 6.72. The van der Waals surface area contributed by atoms with Gasteiger partial charge in [-0.2, -0.15) is 0 Å². The van der Waals surface area contributed by atoms with E-state index in [4.69, 9.17) is 0 Å². The van der Waals surface area contributed by atoms with Crippen molar-refractivity contribution >= 4 is 0 Å². The number of nitrogens with zero attached hydrogens (tertiary/aromatic N) is 1. The second-order valence-electron chi connectivity index (χ2n) is 5.41. The predicted molar refractivity (Wildman–Crippen MR) is 65.1 cm³/mol. The Balaban J connectivity index is 1.78. The molecule has 1 heterocycles. The van der Waals surface area contributed by atoms with Crippen molar-refractivity contribution in [1.82, 2.24) is 10.2 Å². The lowest BCUT2D eigenvalue weighted by atomic mass is 9.85. The molecular formula is C13H26N2. The summed E-state index contributed by atoms with van der Waals surface area (Å²) < 4.78 is 0. The molecular weight excluding hydrogens is 184 g/mol. The molecule has 3 atom stereocenters. The Morgan fingerprint density at radius 2 is 2.07 bits per heavy atom. The van der Waals surface area contributed by atoms with Gasteiger partial charge in [0.1, 0.15) is 0 Å². The van der Waals surface area contributed by atoms with Crippen molar-refractivity contribution in [2.45, 2.75) is 57.5 Å². The lowest BCUT2D eigenvalue weighted by Crippen LogP contribution is -2.37.